The number of hydrogen-bond acceptors (Lipinski definition) is 2. The monoisotopic (exact) mass is 534 g/mol. The van der Waals surface area contributed by atoms with Crippen molar-refractivity contribution in [1.29, 1.82) is 0 Å². The number of rotatable bonds is 5. The fraction of sp³-hybridized carbons (Fsp3) is 0.333. The van der Waals surface area contributed by atoms with Crippen LogP contribution in [0.3, 0.4) is 0 Å². The number of quaternary nitrogens is 1. The second kappa shape index (κ2) is 9.08. The van der Waals surface area contributed by atoms with Gasteiger partial charge in [-0.25, -0.2) is 9.07 Å². The molecule has 0 fully saturated rings. The second-order valence-electron chi connectivity index (χ2n) is 9.01. The Morgan fingerprint density at radius 2 is 1.87 bits per heavy atom. The van der Waals surface area contributed by atoms with Gasteiger partial charge in [-0.1, -0.05) is 49.4 Å². The first-order valence-electron chi connectivity index (χ1n) is 10.3. The Bertz CT molecular complexity index is 1090. The summed E-state index contributed by atoms with van der Waals surface area (Å²) in [5.74, 6) is 0.460. The number of hydrogen-bond donors (Lipinski definition) is 1. The molecule has 4 rings (SSSR count). The molecule has 1 atom stereocenters. The van der Waals surface area contributed by atoms with Crippen LogP contribution in [0, 0.1) is 5.82 Å². The zero-order valence-electron chi connectivity index (χ0n) is 18.3. The van der Waals surface area contributed by atoms with Crippen molar-refractivity contribution in [3.63, 3.8) is 0 Å². The number of nitrogens with zero attached hydrogens (tertiary/aromatic N) is 3. The molecule has 0 aliphatic carbocycles. The Labute approximate surface area is 199 Å². The highest BCUT2D eigenvalue weighted by Gasteiger charge is 2.30. The molecule has 0 bridgehead atoms. The molecule has 1 aliphatic heterocycles. The lowest BCUT2D eigenvalue weighted by Crippen LogP contribution is -3.00. The van der Waals surface area contributed by atoms with Gasteiger partial charge in [0.15, 0.2) is 0 Å². The molecule has 1 aliphatic rings. The van der Waals surface area contributed by atoms with E-state index in [1.165, 1.54) is 0 Å². The number of anilines is 1. The van der Waals surface area contributed by atoms with Crippen LogP contribution in [0.25, 0.3) is 11.1 Å². The lowest BCUT2D eigenvalue weighted by Gasteiger charge is -2.26. The Balaban J connectivity index is 0.00000272. The Morgan fingerprint density at radius 3 is 2.52 bits per heavy atom. The molecular formula is C24H28FIN4O. The third kappa shape index (κ3) is 4.98. The van der Waals surface area contributed by atoms with E-state index in [1.54, 1.807) is 6.07 Å². The van der Waals surface area contributed by atoms with E-state index in [9.17, 15) is 9.18 Å². The fourth-order valence-electron chi connectivity index (χ4n) is 4.01. The molecule has 0 spiro atoms. The van der Waals surface area contributed by atoms with Crippen molar-refractivity contribution in [3.05, 3.63) is 71.2 Å². The van der Waals surface area contributed by atoms with Crippen molar-refractivity contribution in [1.82, 2.24) is 9.78 Å². The van der Waals surface area contributed by atoms with Crippen molar-refractivity contribution < 1.29 is 37.6 Å². The van der Waals surface area contributed by atoms with Gasteiger partial charge in [-0.3, -0.25) is 4.79 Å². The van der Waals surface area contributed by atoms with Gasteiger partial charge in [-0.05, 0) is 17.2 Å². The molecule has 31 heavy (non-hydrogen) atoms. The van der Waals surface area contributed by atoms with E-state index in [-0.39, 0.29) is 41.6 Å². The molecule has 3 aromatic rings. The van der Waals surface area contributed by atoms with Crippen LogP contribution in [0.4, 0.5) is 10.2 Å². The van der Waals surface area contributed by atoms with E-state index in [2.05, 4.69) is 26.5 Å². The number of aryl methyl sites for hydroxylation is 1. The maximum absolute atomic E-state index is 15.0. The van der Waals surface area contributed by atoms with Crippen molar-refractivity contribution in [2.75, 3.05) is 26.5 Å². The van der Waals surface area contributed by atoms with Crippen LogP contribution < -0.4 is 29.3 Å². The van der Waals surface area contributed by atoms with Crippen LogP contribution in [0.2, 0.25) is 0 Å². The van der Waals surface area contributed by atoms with Crippen LogP contribution >= 0.6 is 0 Å². The molecule has 2 heterocycles. The minimum absolute atomic E-state index is 0. The maximum atomic E-state index is 15.0. The van der Waals surface area contributed by atoms with Gasteiger partial charge < -0.3 is 33.8 Å². The lowest BCUT2D eigenvalue weighted by molar-refractivity contribution is -0.883. The number of fused-ring (bicyclic) bond motifs is 1. The molecule has 0 radical (unpaired) electrons. The van der Waals surface area contributed by atoms with Gasteiger partial charge in [-0.15, -0.1) is 0 Å². The van der Waals surface area contributed by atoms with Crippen LogP contribution in [-0.2, 0) is 17.9 Å². The van der Waals surface area contributed by atoms with Crippen molar-refractivity contribution in [3.8, 4) is 11.1 Å². The number of halogens is 2. The Morgan fingerprint density at radius 1 is 1.16 bits per heavy atom. The predicted molar refractivity (Wildman–Crippen MR) is 117 cm³/mol. The van der Waals surface area contributed by atoms with Crippen molar-refractivity contribution >= 4 is 11.7 Å². The number of benzene rings is 2. The topological polar surface area (TPSA) is 46.9 Å². The van der Waals surface area contributed by atoms with Crippen LogP contribution in [-0.4, -0.2) is 41.3 Å². The molecule has 0 saturated carbocycles. The summed E-state index contributed by atoms with van der Waals surface area (Å²) >= 11 is 0. The smallest absolute Gasteiger partial charge is 0.227 e. The molecule has 2 aromatic carbocycles. The predicted octanol–water partition coefficient (Wildman–Crippen LogP) is 1.39. The number of amides is 1. The van der Waals surface area contributed by atoms with Gasteiger partial charge in [-0.2, -0.15) is 5.10 Å². The summed E-state index contributed by atoms with van der Waals surface area (Å²) in [5.41, 5.74) is 4.24. The van der Waals surface area contributed by atoms with Crippen molar-refractivity contribution in [2.45, 2.75) is 32.4 Å². The summed E-state index contributed by atoms with van der Waals surface area (Å²) in [6, 6.07) is 15.0. The standard InChI is InChI=1S/C24H27FN4O.HI/c1-16(18-10-11-19(21(25)14-18)17-8-6-5-7-9-17)23-20(15-29(2,3)4)24-26-22(30)12-13-28(24)27-23;/h5-11,14,16H,12-13,15H2,1-4H3;1H. The number of aromatic nitrogens is 2. The van der Waals surface area contributed by atoms with Crippen LogP contribution in [0.5, 0.6) is 0 Å². The van der Waals surface area contributed by atoms with E-state index < -0.39 is 0 Å². The zero-order chi connectivity index (χ0) is 21.5. The quantitative estimate of drug-likeness (QED) is 0.398. The van der Waals surface area contributed by atoms with Gasteiger partial charge in [0, 0.05) is 17.9 Å². The van der Waals surface area contributed by atoms with Gasteiger partial charge in [0.1, 0.15) is 18.2 Å². The normalized spacial score (nSPS) is 14.4. The highest BCUT2D eigenvalue weighted by atomic mass is 127. The van der Waals surface area contributed by atoms with E-state index in [0.29, 0.717) is 23.0 Å². The van der Waals surface area contributed by atoms with Gasteiger partial charge in [0.25, 0.3) is 0 Å². The van der Waals surface area contributed by atoms with Gasteiger partial charge in [0.2, 0.25) is 5.91 Å². The Hall–Kier alpha value is -2.26. The molecular weight excluding hydrogens is 506 g/mol. The van der Waals surface area contributed by atoms with Crippen LogP contribution in [0.1, 0.15) is 36.1 Å². The van der Waals surface area contributed by atoms with Gasteiger partial charge in [0.05, 0.1) is 38.9 Å². The van der Waals surface area contributed by atoms with E-state index in [1.807, 2.05) is 54.1 Å². The highest BCUT2D eigenvalue weighted by Crippen LogP contribution is 2.35. The fourth-order valence-corrected chi connectivity index (χ4v) is 4.01. The largest absolute Gasteiger partial charge is 1.00 e. The zero-order valence-corrected chi connectivity index (χ0v) is 20.5. The number of carbonyl (C=O) groups is 1. The summed E-state index contributed by atoms with van der Waals surface area (Å²) in [4.78, 5) is 12.0. The second-order valence-corrected chi connectivity index (χ2v) is 9.01. The molecule has 5 nitrogen and oxygen atoms in total. The average molecular weight is 534 g/mol. The molecule has 0 saturated heterocycles. The molecule has 1 amide bonds. The minimum atomic E-state index is -0.240. The molecule has 7 heteroatoms. The van der Waals surface area contributed by atoms with E-state index in [4.69, 9.17) is 5.10 Å². The van der Waals surface area contributed by atoms with E-state index in [0.717, 1.165) is 34.7 Å². The first kappa shape index (κ1) is 23.4. The molecule has 1 N–H and O–H groups in total. The average Bonchev–Trinajstić information content (AvgIpc) is 3.04. The maximum Gasteiger partial charge on any atom is 0.227 e. The number of carbonyl (C=O) groups excluding carboxylic acids is 1. The third-order valence-electron chi connectivity index (χ3n) is 5.51. The van der Waals surface area contributed by atoms with Crippen molar-refractivity contribution in [2.24, 2.45) is 0 Å². The SMILES string of the molecule is CC(c1ccc(-c2ccccc2)c(F)c1)c1nn2c(c1C[N+](C)(C)C)NC(=O)CC2.[I-]. The van der Waals surface area contributed by atoms with Crippen LogP contribution in [0.15, 0.2) is 48.5 Å². The Kier molecular flexibility index (Phi) is 6.85. The highest BCUT2D eigenvalue weighted by molar-refractivity contribution is 5.92. The third-order valence-corrected chi connectivity index (χ3v) is 5.51. The first-order valence-corrected chi connectivity index (χ1v) is 10.3. The number of nitrogens with one attached hydrogen (secondary N) is 1. The summed E-state index contributed by atoms with van der Waals surface area (Å²) in [7, 11) is 6.33. The summed E-state index contributed by atoms with van der Waals surface area (Å²) < 4.78 is 17.6. The summed E-state index contributed by atoms with van der Waals surface area (Å²) in [6.07, 6.45) is 0.423. The minimum Gasteiger partial charge on any atom is -1.00 e. The van der Waals surface area contributed by atoms with E-state index >= 15 is 0 Å². The summed E-state index contributed by atoms with van der Waals surface area (Å²) in [5, 5.41) is 7.82. The molecule has 164 valence electrons. The first-order chi connectivity index (χ1) is 14.2. The lowest BCUT2D eigenvalue weighted by atomic mass is 9.92. The summed E-state index contributed by atoms with van der Waals surface area (Å²) in [6.45, 7) is 3.34. The van der Waals surface area contributed by atoms with Gasteiger partial charge >= 0.3 is 0 Å². The molecule has 1 aromatic heterocycles. The molecule has 1 unspecified atom stereocenters.